The minimum Gasteiger partial charge on any atom is -0.595 e. The van der Waals surface area contributed by atoms with Crippen LogP contribution >= 0.6 is 11.3 Å². The van der Waals surface area contributed by atoms with Crippen molar-refractivity contribution in [2.24, 2.45) is 0 Å². The first-order valence-corrected chi connectivity index (χ1v) is 7.81. The highest BCUT2D eigenvalue weighted by Crippen LogP contribution is 2.25. The summed E-state index contributed by atoms with van der Waals surface area (Å²) in [5.74, 6) is 0.665. The number of quaternary nitrogens is 1. The van der Waals surface area contributed by atoms with Gasteiger partial charge in [-0.05, 0) is 13.8 Å². The number of nitrogens with zero attached hydrogens (tertiary/aromatic N) is 3. The van der Waals surface area contributed by atoms with Crippen LogP contribution in [0, 0.1) is 19.1 Å². The summed E-state index contributed by atoms with van der Waals surface area (Å²) in [4.78, 5) is 26.3. The molecule has 0 bridgehead atoms. The lowest BCUT2D eigenvalue weighted by molar-refractivity contribution is -0.991. The molecule has 0 aromatic carbocycles. The lowest BCUT2D eigenvalue weighted by atomic mass is 10.2. The maximum absolute atomic E-state index is 11.9. The van der Waals surface area contributed by atoms with Gasteiger partial charge >= 0.3 is 5.56 Å². The maximum Gasteiger partial charge on any atom is 0.318 e. The number of H-pyrrole nitrogens is 1. The molecule has 1 aliphatic heterocycles. The summed E-state index contributed by atoms with van der Waals surface area (Å²) in [6.07, 6.45) is 1.51. The lowest BCUT2D eigenvalue weighted by Crippen LogP contribution is -3.00. The Bertz CT molecular complexity index is 729. The number of thiazole rings is 1. The van der Waals surface area contributed by atoms with E-state index in [1.54, 1.807) is 18.3 Å². The molecule has 9 heteroatoms. The summed E-state index contributed by atoms with van der Waals surface area (Å²) in [7, 11) is 0. The van der Waals surface area contributed by atoms with E-state index in [4.69, 9.17) is 0 Å². The fourth-order valence-corrected chi connectivity index (χ4v) is 3.67. The fourth-order valence-electron chi connectivity index (χ4n) is 2.70. The Morgan fingerprint density at radius 2 is 2.05 bits per heavy atom. The summed E-state index contributed by atoms with van der Waals surface area (Å²) in [6.45, 7) is 4.87. The summed E-state index contributed by atoms with van der Waals surface area (Å²) < 4.78 is 0. The highest BCUT2D eigenvalue weighted by Gasteiger charge is 2.25. The average molecular weight is 323 g/mol. The molecule has 3 heterocycles. The van der Waals surface area contributed by atoms with E-state index in [2.05, 4.69) is 15.0 Å². The van der Waals surface area contributed by atoms with Gasteiger partial charge in [-0.3, -0.25) is 4.79 Å². The normalized spacial score (nSPS) is 16.3. The quantitative estimate of drug-likeness (QED) is 0.663. The predicted octanol–water partition coefficient (Wildman–Crippen LogP) is -0.148. The van der Waals surface area contributed by atoms with Crippen molar-refractivity contribution < 1.29 is 10.4 Å². The largest absolute Gasteiger partial charge is 0.595 e. The molecule has 0 amide bonds. The van der Waals surface area contributed by atoms with E-state index in [-0.39, 0.29) is 11.5 Å². The van der Waals surface area contributed by atoms with Crippen molar-refractivity contribution in [2.75, 3.05) is 18.0 Å². The Morgan fingerprint density at radius 3 is 2.77 bits per heavy atom. The van der Waals surface area contributed by atoms with Crippen molar-refractivity contribution in [1.82, 2.24) is 15.0 Å². The van der Waals surface area contributed by atoms with E-state index in [1.807, 2.05) is 11.8 Å². The van der Waals surface area contributed by atoms with Crippen LogP contribution in [0.25, 0.3) is 0 Å². The number of rotatable bonds is 2. The molecule has 0 saturated carbocycles. The first kappa shape index (κ1) is 15.1. The fraction of sp³-hybridized carbons (Fsp3) is 0.462. The Kier molecular flexibility index (Phi) is 3.96. The summed E-state index contributed by atoms with van der Waals surface area (Å²) >= 11 is 1.68. The molecule has 8 nitrogen and oxygen atoms in total. The molecule has 2 aromatic rings. The first-order valence-electron chi connectivity index (χ1n) is 7.00. The van der Waals surface area contributed by atoms with E-state index in [1.165, 1.54) is 4.88 Å². The van der Waals surface area contributed by atoms with Crippen LogP contribution in [-0.2, 0) is 12.8 Å². The molecule has 22 heavy (non-hydrogen) atoms. The van der Waals surface area contributed by atoms with Gasteiger partial charge in [-0.15, -0.1) is 11.3 Å². The minimum atomic E-state index is -1.25. The number of hydrogen-bond acceptors (Lipinski definition) is 7. The van der Waals surface area contributed by atoms with E-state index >= 15 is 0 Å². The maximum atomic E-state index is 11.9. The number of aromatic amines is 1. The van der Waals surface area contributed by atoms with Gasteiger partial charge in [0.25, 0.3) is 5.69 Å². The second kappa shape index (κ2) is 5.76. The van der Waals surface area contributed by atoms with Gasteiger partial charge in [0.1, 0.15) is 5.82 Å². The molecule has 0 aliphatic carbocycles. The van der Waals surface area contributed by atoms with Gasteiger partial charge in [0.15, 0.2) is 0 Å². The van der Waals surface area contributed by atoms with Crippen LogP contribution < -0.4 is 15.7 Å². The molecule has 0 fully saturated rings. The number of aromatic nitrogens is 3. The zero-order chi connectivity index (χ0) is 15.9. The molecule has 1 atom stereocenters. The summed E-state index contributed by atoms with van der Waals surface area (Å²) in [5.41, 5.74) is 0.173. The third-order valence-corrected chi connectivity index (χ3v) is 4.72. The Balaban J connectivity index is 1.95. The van der Waals surface area contributed by atoms with Crippen molar-refractivity contribution in [2.45, 2.75) is 26.7 Å². The zero-order valence-electron chi connectivity index (χ0n) is 12.3. The van der Waals surface area contributed by atoms with Crippen LogP contribution in [-0.4, -0.2) is 33.2 Å². The van der Waals surface area contributed by atoms with Crippen LogP contribution in [0.15, 0.2) is 4.79 Å². The number of anilines is 1. The Hall–Kier alpha value is -1.81. The zero-order valence-corrected chi connectivity index (χ0v) is 13.2. The van der Waals surface area contributed by atoms with Gasteiger partial charge in [-0.2, -0.15) is 5.23 Å². The molecular weight excluding hydrogens is 306 g/mol. The topological polar surface area (TPSA) is 110 Å². The van der Waals surface area contributed by atoms with Gasteiger partial charge in [-0.25, -0.2) is 15.2 Å². The SMILES string of the molecule is Cc1nc(N2CCc3nc(C)sc3CC2)c([NH+]([O-])O)c(=O)[nH]1. The number of fused-ring (bicyclic) bond motifs is 1. The van der Waals surface area contributed by atoms with Crippen LogP contribution in [0.1, 0.15) is 21.4 Å². The van der Waals surface area contributed by atoms with Crippen LogP contribution in [0.5, 0.6) is 0 Å². The molecular formula is C13H17N5O3S. The summed E-state index contributed by atoms with van der Waals surface area (Å²) in [6, 6.07) is 0. The van der Waals surface area contributed by atoms with Gasteiger partial charge in [0.05, 0.1) is 10.7 Å². The molecule has 0 saturated heterocycles. The van der Waals surface area contributed by atoms with Crippen LogP contribution in [0.3, 0.4) is 0 Å². The Labute approximate surface area is 130 Å². The van der Waals surface area contributed by atoms with E-state index in [0.29, 0.717) is 18.9 Å². The van der Waals surface area contributed by atoms with Crippen molar-refractivity contribution >= 4 is 22.8 Å². The second-order valence-corrected chi connectivity index (χ2v) is 6.53. The van der Waals surface area contributed by atoms with Crippen molar-refractivity contribution in [3.63, 3.8) is 0 Å². The van der Waals surface area contributed by atoms with Gasteiger partial charge in [0.2, 0.25) is 5.82 Å². The number of aryl methyl sites for hydroxylation is 2. The van der Waals surface area contributed by atoms with E-state index in [0.717, 1.165) is 23.5 Å². The molecule has 0 radical (unpaired) electrons. The monoisotopic (exact) mass is 323 g/mol. The molecule has 1 aliphatic rings. The molecule has 118 valence electrons. The van der Waals surface area contributed by atoms with Crippen molar-refractivity contribution in [3.8, 4) is 0 Å². The standard InChI is InChI=1S/C13H17N5O3S/c1-7-14-12(11(18(20)21)13(19)15-7)17-5-3-9-10(4-6-17)22-8(2)16-9/h18,20H,3-6H2,1-2H3,(H,14,15,19). The molecule has 3 N–H and O–H groups in total. The van der Waals surface area contributed by atoms with E-state index < -0.39 is 10.8 Å². The third-order valence-electron chi connectivity index (χ3n) is 3.64. The number of hydrogen-bond donors (Lipinski definition) is 3. The first-order chi connectivity index (χ1) is 10.5. The summed E-state index contributed by atoms with van der Waals surface area (Å²) in [5, 5.41) is 20.5. The molecule has 1 unspecified atom stereocenters. The highest BCUT2D eigenvalue weighted by molar-refractivity contribution is 7.11. The second-order valence-electron chi connectivity index (χ2n) is 5.24. The van der Waals surface area contributed by atoms with Crippen molar-refractivity contribution in [3.05, 3.63) is 37.0 Å². The smallest absolute Gasteiger partial charge is 0.318 e. The lowest BCUT2D eigenvalue weighted by Gasteiger charge is -2.24. The third kappa shape index (κ3) is 2.75. The molecule has 2 aromatic heterocycles. The Morgan fingerprint density at radius 1 is 1.32 bits per heavy atom. The van der Waals surface area contributed by atoms with Gasteiger partial charge in [-0.1, -0.05) is 0 Å². The highest BCUT2D eigenvalue weighted by atomic mass is 32.1. The molecule has 0 spiro atoms. The van der Waals surface area contributed by atoms with Crippen LogP contribution in [0.4, 0.5) is 11.5 Å². The van der Waals surface area contributed by atoms with Crippen molar-refractivity contribution in [1.29, 1.82) is 0 Å². The average Bonchev–Trinajstić information content (AvgIpc) is 2.66. The van der Waals surface area contributed by atoms with E-state index in [9.17, 15) is 15.2 Å². The van der Waals surface area contributed by atoms with Gasteiger partial charge in [0, 0.05) is 30.8 Å². The minimum absolute atomic E-state index is 0.251. The van der Waals surface area contributed by atoms with Crippen LogP contribution in [0.2, 0.25) is 0 Å². The number of nitrogens with one attached hydrogen (secondary N) is 2. The predicted molar refractivity (Wildman–Crippen MR) is 81.8 cm³/mol. The van der Waals surface area contributed by atoms with Gasteiger partial charge < -0.3 is 15.1 Å². The molecule has 3 rings (SSSR count).